The van der Waals surface area contributed by atoms with Crippen molar-refractivity contribution in [2.45, 2.75) is 0 Å². The Kier molecular flexibility index (Phi) is 7.46. The van der Waals surface area contributed by atoms with Crippen LogP contribution in [0.2, 0.25) is 0 Å². The van der Waals surface area contributed by atoms with Crippen LogP contribution in [0.15, 0.2) is 203 Å². The summed E-state index contributed by atoms with van der Waals surface area (Å²) in [5.74, 6) is 0.683. The average molecular weight is 717 g/mol. The van der Waals surface area contributed by atoms with E-state index in [0.717, 1.165) is 105 Å². The molecule has 56 heavy (non-hydrogen) atoms. The number of nitrogens with zero attached hydrogens (tertiary/aromatic N) is 2. The number of hydrogen-bond donors (Lipinski definition) is 0. The maximum absolute atomic E-state index is 6.27. The lowest BCUT2D eigenvalue weighted by atomic mass is 9.92. The summed E-state index contributed by atoms with van der Waals surface area (Å²) in [7, 11) is 0. The van der Waals surface area contributed by atoms with E-state index in [1.54, 1.807) is 0 Å². The number of hydrogen-bond acceptors (Lipinski definition) is 4. The van der Waals surface area contributed by atoms with Crippen molar-refractivity contribution in [3.8, 4) is 67.3 Å². The van der Waals surface area contributed by atoms with Crippen LogP contribution in [0.4, 0.5) is 0 Å². The van der Waals surface area contributed by atoms with Crippen LogP contribution in [0.25, 0.3) is 111 Å². The number of furan rings is 2. The highest BCUT2D eigenvalue weighted by molar-refractivity contribution is 6.12. The standard InChI is InChI=1S/C52H32N2O2/c1-3-13-33(14-4-1)45-32-46(54-52(53-45)34-15-5-2-6-16-34)40-29-38(28-39(30-40)36-25-26-49-44(31-36)42-19-7-9-22-47(42)55-49)35-17-11-18-37(27-35)41-21-12-24-50-51(41)43-20-8-10-23-48(43)56-50/h1-32H. The molecule has 0 spiro atoms. The van der Waals surface area contributed by atoms with Crippen LogP contribution in [0.5, 0.6) is 0 Å². The molecule has 11 aromatic rings. The van der Waals surface area contributed by atoms with Crippen LogP contribution in [0.3, 0.4) is 0 Å². The second kappa shape index (κ2) is 13.1. The first-order valence-electron chi connectivity index (χ1n) is 18.8. The summed E-state index contributed by atoms with van der Waals surface area (Å²) in [6.45, 7) is 0. The Morgan fingerprint density at radius 2 is 0.804 bits per heavy atom. The van der Waals surface area contributed by atoms with Crippen LogP contribution in [0, 0.1) is 0 Å². The lowest BCUT2D eigenvalue weighted by molar-refractivity contribution is 0.668. The van der Waals surface area contributed by atoms with E-state index in [9.17, 15) is 0 Å². The molecule has 8 aromatic carbocycles. The molecule has 0 N–H and O–H groups in total. The average Bonchev–Trinajstić information content (AvgIpc) is 3.85. The second-order valence-electron chi connectivity index (χ2n) is 14.2. The zero-order chi connectivity index (χ0) is 37.0. The van der Waals surface area contributed by atoms with E-state index >= 15 is 0 Å². The molecule has 0 fully saturated rings. The van der Waals surface area contributed by atoms with Crippen molar-refractivity contribution in [2.75, 3.05) is 0 Å². The topological polar surface area (TPSA) is 52.1 Å². The predicted octanol–water partition coefficient (Wildman–Crippen LogP) is 14.3. The fraction of sp³-hybridized carbons (Fsp3) is 0. The molecule has 4 heteroatoms. The van der Waals surface area contributed by atoms with Crippen LogP contribution < -0.4 is 0 Å². The number of rotatable bonds is 6. The molecule has 11 rings (SSSR count). The van der Waals surface area contributed by atoms with Crippen molar-refractivity contribution in [1.82, 2.24) is 9.97 Å². The Labute approximate surface area is 323 Å². The summed E-state index contributed by atoms with van der Waals surface area (Å²) in [6, 6.07) is 67.5. The van der Waals surface area contributed by atoms with Gasteiger partial charge in [-0.15, -0.1) is 0 Å². The third kappa shape index (κ3) is 5.55. The molecule has 0 saturated carbocycles. The number of benzene rings is 8. The molecule has 0 saturated heterocycles. The first-order valence-corrected chi connectivity index (χ1v) is 18.8. The zero-order valence-electron chi connectivity index (χ0n) is 30.2. The lowest BCUT2D eigenvalue weighted by Gasteiger charge is -2.14. The summed E-state index contributed by atoms with van der Waals surface area (Å²) in [4.78, 5) is 10.3. The number of fused-ring (bicyclic) bond motifs is 6. The van der Waals surface area contributed by atoms with E-state index in [4.69, 9.17) is 18.8 Å². The molecule has 0 bridgehead atoms. The molecule has 0 amide bonds. The van der Waals surface area contributed by atoms with Crippen LogP contribution in [0.1, 0.15) is 0 Å². The van der Waals surface area contributed by atoms with Crippen LogP contribution >= 0.6 is 0 Å². The second-order valence-corrected chi connectivity index (χ2v) is 14.2. The molecule has 3 aromatic heterocycles. The maximum Gasteiger partial charge on any atom is 0.160 e. The molecule has 4 nitrogen and oxygen atoms in total. The molecule has 0 unspecified atom stereocenters. The van der Waals surface area contributed by atoms with Gasteiger partial charge in [-0.2, -0.15) is 0 Å². The van der Waals surface area contributed by atoms with E-state index in [0.29, 0.717) is 5.82 Å². The molecule has 0 aliphatic carbocycles. The van der Waals surface area contributed by atoms with Crippen molar-refractivity contribution in [3.05, 3.63) is 194 Å². The van der Waals surface area contributed by atoms with Gasteiger partial charge in [0, 0.05) is 38.2 Å². The lowest BCUT2D eigenvalue weighted by Crippen LogP contribution is -1.96. The number of para-hydroxylation sites is 2. The first kappa shape index (κ1) is 31.9. The molecular formula is C52H32N2O2. The quantitative estimate of drug-likeness (QED) is 0.172. The monoisotopic (exact) mass is 716 g/mol. The van der Waals surface area contributed by atoms with Gasteiger partial charge in [-0.1, -0.05) is 133 Å². The minimum Gasteiger partial charge on any atom is -0.456 e. The Morgan fingerprint density at radius 1 is 0.286 bits per heavy atom. The van der Waals surface area contributed by atoms with Crippen LogP contribution in [-0.2, 0) is 0 Å². The Bertz CT molecular complexity index is 3190. The van der Waals surface area contributed by atoms with Gasteiger partial charge >= 0.3 is 0 Å². The Morgan fingerprint density at radius 3 is 1.59 bits per heavy atom. The summed E-state index contributed by atoms with van der Waals surface area (Å²) in [5, 5.41) is 4.43. The Hall–Kier alpha value is -7.56. The van der Waals surface area contributed by atoms with Crippen molar-refractivity contribution in [2.24, 2.45) is 0 Å². The fourth-order valence-corrected chi connectivity index (χ4v) is 7.96. The fourth-order valence-electron chi connectivity index (χ4n) is 7.96. The van der Waals surface area contributed by atoms with Gasteiger partial charge in [0.15, 0.2) is 5.82 Å². The zero-order valence-corrected chi connectivity index (χ0v) is 30.2. The van der Waals surface area contributed by atoms with Gasteiger partial charge in [0.2, 0.25) is 0 Å². The minimum atomic E-state index is 0.683. The third-order valence-corrected chi connectivity index (χ3v) is 10.7. The third-order valence-electron chi connectivity index (χ3n) is 10.7. The molecule has 0 atom stereocenters. The highest BCUT2D eigenvalue weighted by Crippen LogP contribution is 2.40. The van der Waals surface area contributed by atoms with Crippen LogP contribution in [-0.4, -0.2) is 9.97 Å². The normalized spacial score (nSPS) is 11.6. The van der Waals surface area contributed by atoms with Gasteiger partial charge in [0.25, 0.3) is 0 Å². The van der Waals surface area contributed by atoms with E-state index in [1.165, 1.54) is 0 Å². The molecule has 262 valence electrons. The highest BCUT2D eigenvalue weighted by atomic mass is 16.3. The van der Waals surface area contributed by atoms with E-state index in [1.807, 2.05) is 66.7 Å². The highest BCUT2D eigenvalue weighted by Gasteiger charge is 2.17. The Balaban J connectivity index is 1.13. The maximum atomic E-state index is 6.27. The van der Waals surface area contributed by atoms with E-state index in [2.05, 4.69) is 127 Å². The van der Waals surface area contributed by atoms with Gasteiger partial charge in [-0.3, -0.25) is 0 Å². The summed E-state index contributed by atoms with van der Waals surface area (Å²) in [6.07, 6.45) is 0. The van der Waals surface area contributed by atoms with Crippen molar-refractivity contribution in [1.29, 1.82) is 0 Å². The summed E-state index contributed by atoms with van der Waals surface area (Å²) >= 11 is 0. The van der Waals surface area contributed by atoms with Gasteiger partial charge in [0.05, 0.1) is 11.4 Å². The predicted molar refractivity (Wildman–Crippen MR) is 229 cm³/mol. The molecule has 0 aliphatic rings. The smallest absolute Gasteiger partial charge is 0.160 e. The van der Waals surface area contributed by atoms with E-state index in [-0.39, 0.29) is 0 Å². The summed E-state index contributed by atoms with van der Waals surface area (Å²) in [5.41, 5.74) is 14.9. The van der Waals surface area contributed by atoms with Gasteiger partial charge in [0.1, 0.15) is 22.3 Å². The summed E-state index contributed by atoms with van der Waals surface area (Å²) < 4.78 is 12.5. The molecular weight excluding hydrogens is 685 g/mol. The largest absolute Gasteiger partial charge is 0.456 e. The van der Waals surface area contributed by atoms with Gasteiger partial charge in [-0.25, -0.2) is 9.97 Å². The molecule has 0 aliphatic heterocycles. The number of aromatic nitrogens is 2. The van der Waals surface area contributed by atoms with Crippen molar-refractivity contribution >= 4 is 43.9 Å². The molecule has 0 radical (unpaired) electrons. The first-order chi connectivity index (χ1) is 27.7. The molecule has 3 heterocycles. The van der Waals surface area contributed by atoms with Crippen molar-refractivity contribution in [3.63, 3.8) is 0 Å². The minimum absolute atomic E-state index is 0.683. The van der Waals surface area contributed by atoms with Crippen molar-refractivity contribution < 1.29 is 8.83 Å². The van der Waals surface area contributed by atoms with Gasteiger partial charge in [-0.05, 0) is 94.0 Å². The SMILES string of the molecule is c1ccc(-c2cc(-c3cc(-c4cccc(-c5cccc6oc7ccccc7c56)c4)cc(-c4ccc5oc6ccccc6c5c4)c3)nc(-c3ccccc3)n2)cc1. The van der Waals surface area contributed by atoms with Gasteiger partial charge < -0.3 is 8.83 Å². The van der Waals surface area contributed by atoms with E-state index < -0.39 is 0 Å².